The second kappa shape index (κ2) is 6.43. The minimum absolute atomic E-state index is 0.103. The van der Waals surface area contributed by atoms with Gasteiger partial charge >= 0.3 is 6.09 Å². The molecule has 3 N–H and O–H groups in total. The number of benzene rings is 1. The van der Waals surface area contributed by atoms with Crippen LogP contribution in [0.25, 0.3) is 0 Å². The van der Waals surface area contributed by atoms with Crippen molar-refractivity contribution in [3.05, 3.63) is 29.8 Å². The summed E-state index contributed by atoms with van der Waals surface area (Å²) in [5, 5.41) is 9.04. The highest BCUT2D eigenvalue weighted by Gasteiger charge is 2.21. The number of carbonyl (C=O) groups excluding carboxylic acids is 1. The van der Waals surface area contributed by atoms with Crippen LogP contribution in [-0.4, -0.2) is 34.9 Å². The van der Waals surface area contributed by atoms with Gasteiger partial charge in [-0.2, -0.15) is 0 Å². The Bertz CT molecular complexity index is 410. The SMILES string of the molecule is CC(C)(C)OC(=O)N(CCO)Cc1ccc(N)cc1. The van der Waals surface area contributed by atoms with Crippen molar-refractivity contribution < 1.29 is 14.6 Å². The largest absolute Gasteiger partial charge is 0.444 e. The molecule has 0 heterocycles. The molecule has 0 fully saturated rings. The van der Waals surface area contributed by atoms with Crippen LogP contribution in [0.2, 0.25) is 0 Å². The van der Waals surface area contributed by atoms with Crippen LogP contribution in [0.15, 0.2) is 24.3 Å². The number of aliphatic hydroxyl groups is 1. The van der Waals surface area contributed by atoms with E-state index in [9.17, 15) is 4.79 Å². The topological polar surface area (TPSA) is 75.8 Å². The highest BCUT2D eigenvalue weighted by Crippen LogP contribution is 2.13. The molecule has 5 nitrogen and oxygen atoms in total. The summed E-state index contributed by atoms with van der Waals surface area (Å²) in [5.74, 6) is 0. The zero-order valence-electron chi connectivity index (χ0n) is 11.7. The van der Waals surface area contributed by atoms with Crippen LogP contribution in [-0.2, 0) is 11.3 Å². The minimum atomic E-state index is -0.550. The van der Waals surface area contributed by atoms with E-state index < -0.39 is 11.7 Å². The van der Waals surface area contributed by atoms with Crippen molar-refractivity contribution in [1.82, 2.24) is 4.90 Å². The fourth-order valence-electron chi connectivity index (χ4n) is 1.53. The van der Waals surface area contributed by atoms with Crippen molar-refractivity contribution in [2.24, 2.45) is 0 Å². The molecular weight excluding hydrogens is 244 g/mol. The first-order valence-electron chi connectivity index (χ1n) is 6.25. The molecule has 0 bridgehead atoms. The Hall–Kier alpha value is -1.75. The summed E-state index contributed by atoms with van der Waals surface area (Å²) in [4.78, 5) is 13.5. The second-order valence-electron chi connectivity index (χ2n) is 5.37. The Balaban J connectivity index is 2.72. The summed E-state index contributed by atoms with van der Waals surface area (Å²) in [6.45, 7) is 5.95. The van der Waals surface area contributed by atoms with Gasteiger partial charge in [0.2, 0.25) is 0 Å². The average Bonchev–Trinajstić information content (AvgIpc) is 2.29. The first-order chi connectivity index (χ1) is 8.81. The van der Waals surface area contributed by atoms with E-state index in [0.29, 0.717) is 12.2 Å². The monoisotopic (exact) mass is 266 g/mol. The highest BCUT2D eigenvalue weighted by molar-refractivity contribution is 5.68. The standard InChI is InChI=1S/C14H22N2O3/c1-14(2,3)19-13(18)16(8-9-17)10-11-4-6-12(15)7-5-11/h4-7,17H,8-10,15H2,1-3H3. The number of nitrogens with two attached hydrogens (primary N) is 1. The van der Waals surface area contributed by atoms with E-state index in [1.807, 2.05) is 32.9 Å². The molecule has 0 spiro atoms. The molecule has 0 aromatic heterocycles. The molecule has 0 aliphatic carbocycles. The van der Waals surface area contributed by atoms with Crippen LogP contribution < -0.4 is 5.73 Å². The molecule has 5 heteroatoms. The predicted octanol–water partition coefficient (Wildman–Crippen LogP) is 2.00. The smallest absolute Gasteiger partial charge is 0.410 e. The van der Waals surface area contributed by atoms with E-state index in [4.69, 9.17) is 15.6 Å². The molecular formula is C14H22N2O3. The summed E-state index contributed by atoms with van der Waals surface area (Å²) in [5.41, 5.74) is 6.68. The van der Waals surface area contributed by atoms with Gasteiger partial charge in [-0.05, 0) is 38.5 Å². The van der Waals surface area contributed by atoms with E-state index in [1.165, 1.54) is 4.90 Å². The lowest BCUT2D eigenvalue weighted by atomic mass is 10.2. The molecule has 1 rings (SSSR count). The maximum Gasteiger partial charge on any atom is 0.410 e. The summed E-state index contributed by atoms with van der Waals surface area (Å²) in [6.07, 6.45) is -0.432. The fourth-order valence-corrected chi connectivity index (χ4v) is 1.53. The van der Waals surface area contributed by atoms with Gasteiger partial charge in [0.05, 0.1) is 6.61 Å². The molecule has 0 atom stereocenters. The summed E-state index contributed by atoms with van der Waals surface area (Å²) in [6, 6.07) is 7.26. The number of carbonyl (C=O) groups is 1. The second-order valence-corrected chi connectivity index (χ2v) is 5.37. The van der Waals surface area contributed by atoms with Crippen molar-refractivity contribution in [2.45, 2.75) is 32.9 Å². The molecule has 1 aromatic carbocycles. The van der Waals surface area contributed by atoms with Crippen LogP contribution >= 0.6 is 0 Å². The normalized spacial score (nSPS) is 11.2. The van der Waals surface area contributed by atoms with E-state index in [0.717, 1.165) is 5.56 Å². The van der Waals surface area contributed by atoms with Crippen molar-refractivity contribution in [3.63, 3.8) is 0 Å². The van der Waals surface area contributed by atoms with Gasteiger partial charge in [0.15, 0.2) is 0 Å². The first-order valence-corrected chi connectivity index (χ1v) is 6.25. The van der Waals surface area contributed by atoms with Gasteiger partial charge in [-0.3, -0.25) is 0 Å². The van der Waals surface area contributed by atoms with Crippen LogP contribution in [0.1, 0.15) is 26.3 Å². The lowest BCUT2D eigenvalue weighted by molar-refractivity contribution is 0.0201. The van der Waals surface area contributed by atoms with Gasteiger partial charge in [0.25, 0.3) is 0 Å². The van der Waals surface area contributed by atoms with E-state index in [2.05, 4.69) is 0 Å². The number of aliphatic hydroxyl groups excluding tert-OH is 1. The zero-order chi connectivity index (χ0) is 14.5. The molecule has 19 heavy (non-hydrogen) atoms. The zero-order valence-corrected chi connectivity index (χ0v) is 11.7. The molecule has 0 unspecified atom stereocenters. The minimum Gasteiger partial charge on any atom is -0.444 e. The third-order valence-electron chi connectivity index (χ3n) is 2.37. The number of amides is 1. The Morgan fingerprint density at radius 1 is 1.32 bits per heavy atom. The number of anilines is 1. The Morgan fingerprint density at radius 2 is 1.89 bits per heavy atom. The van der Waals surface area contributed by atoms with Crippen molar-refractivity contribution in [1.29, 1.82) is 0 Å². The molecule has 106 valence electrons. The van der Waals surface area contributed by atoms with Gasteiger partial charge in [-0.15, -0.1) is 0 Å². The predicted molar refractivity (Wildman–Crippen MR) is 74.6 cm³/mol. The van der Waals surface area contributed by atoms with Gasteiger partial charge < -0.3 is 20.5 Å². The quantitative estimate of drug-likeness (QED) is 0.817. The molecule has 0 aliphatic heterocycles. The van der Waals surface area contributed by atoms with Crippen LogP contribution in [0.3, 0.4) is 0 Å². The molecule has 0 saturated heterocycles. The van der Waals surface area contributed by atoms with E-state index in [1.54, 1.807) is 12.1 Å². The van der Waals surface area contributed by atoms with Gasteiger partial charge in [0.1, 0.15) is 5.60 Å². The van der Waals surface area contributed by atoms with Crippen molar-refractivity contribution in [2.75, 3.05) is 18.9 Å². The van der Waals surface area contributed by atoms with Gasteiger partial charge in [-0.25, -0.2) is 4.79 Å². The van der Waals surface area contributed by atoms with Gasteiger partial charge in [-0.1, -0.05) is 12.1 Å². The maximum atomic E-state index is 12.0. The maximum absolute atomic E-state index is 12.0. The molecule has 0 saturated carbocycles. The Kier molecular flexibility index (Phi) is 5.18. The van der Waals surface area contributed by atoms with Crippen molar-refractivity contribution in [3.8, 4) is 0 Å². The first kappa shape index (κ1) is 15.3. The molecule has 1 aromatic rings. The summed E-state index contributed by atoms with van der Waals surface area (Å²) in [7, 11) is 0. The third-order valence-corrected chi connectivity index (χ3v) is 2.37. The molecule has 0 aliphatic rings. The number of hydrogen-bond donors (Lipinski definition) is 2. The lowest BCUT2D eigenvalue weighted by Gasteiger charge is -2.27. The number of nitrogens with zero attached hydrogens (tertiary/aromatic N) is 1. The van der Waals surface area contributed by atoms with Crippen LogP contribution in [0, 0.1) is 0 Å². The summed E-state index contributed by atoms with van der Waals surface area (Å²) >= 11 is 0. The summed E-state index contributed by atoms with van der Waals surface area (Å²) < 4.78 is 5.30. The number of rotatable bonds is 4. The molecule has 0 radical (unpaired) electrons. The Morgan fingerprint density at radius 3 is 2.37 bits per heavy atom. The lowest BCUT2D eigenvalue weighted by Crippen LogP contribution is -2.38. The van der Waals surface area contributed by atoms with Crippen LogP contribution in [0.4, 0.5) is 10.5 Å². The molecule has 1 amide bonds. The third kappa shape index (κ3) is 5.61. The van der Waals surface area contributed by atoms with Crippen molar-refractivity contribution >= 4 is 11.8 Å². The average molecular weight is 266 g/mol. The van der Waals surface area contributed by atoms with Gasteiger partial charge in [0, 0.05) is 18.8 Å². The highest BCUT2D eigenvalue weighted by atomic mass is 16.6. The van der Waals surface area contributed by atoms with E-state index in [-0.39, 0.29) is 13.2 Å². The number of ether oxygens (including phenoxy) is 1. The number of nitrogen functional groups attached to an aromatic ring is 1. The fraction of sp³-hybridized carbons (Fsp3) is 0.500. The van der Waals surface area contributed by atoms with E-state index >= 15 is 0 Å². The van der Waals surface area contributed by atoms with Crippen LogP contribution in [0.5, 0.6) is 0 Å². The Labute approximate surface area is 114 Å². The number of hydrogen-bond acceptors (Lipinski definition) is 4.